The van der Waals surface area contributed by atoms with E-state index in [1.165, 1.54) is 25.2 Å². The highest BCUT2D eigenvalue weighted by atomic mass is 35.5. The normalized spacial score (nSPS) is 36.1. The van der Waals surface area contributed by atoms with Crippen molar-refractivity contribution in [3.05, 3.63) is 40.4 Å². The number of hydrogen-bond acceptors (Lipinski definition) is 7. The standard InChI is InChI=1S/C23H19Cl3N2O7/c1-27-19(32)22(25)8-13-10(4-5-11-15(13)18(31)28(17(11)30)21(34)35-2)16(23(22,26)20(27)33)12-7-9(24)3-6-14(12)29/h3-4,6-7,11,13,15-16,29H,5,8H2,1-2H3/t11-,13+,15-,16+,22+,23-/m0/s1. The number of aromatic hydroxyl groups is 1. The number of carbonyl (C=O) groups excluding carboxylic acids is 5. The summed E-state index contributed by atoms with van der Waals surface area (Å²) in [5.41, 5.74) is 0.629. The van der Waals surface area contributed by atoms with Gasteiger partial charge in [0.15, 0.2) is 9.75 Å². The van der Waals surface area contributed by atoms with Gasteiger partial charge in [-0.15, -0.1) is 23.2 Å². The number of nitrogens with zero attached hydrogens (tertiary/aromatic N) is 2. The monoisotopic (exact) mass is 540 g/mol. The molecule has 35 heavy (non-hydrogen) atoms. The molecule has 6 atom stereocenters. The quantitative estimate of drug-likeness (QED) is 0.330. The summed E-state index contributed by atoms with van der Waals surface area (Å²) in [6.07, 6.45) is 0.424. The molecule has 1 saturated carbocycles. The maximum Gasteiger partial charge on any atom is 0.423 e. The average molecular weight is 542 g/mol. The third-order valence-corrected chi connectivity index (χ3v) is 9.32. The smallest absolute Gasteiger partial charge is 0.423 e. The Morgan fingerprint density at radius 2 is 1.80 bits per heavy atom. The van der Waals surface area contributed by atoms with Crippen molar-refractivity contribution >= 4 is 64.5 Å². The van der Waals surface area contributed by atoms with E-state index in [0.29, 0.717) is 10.5 Å². The molecule has 9 nitrogen and oxygen atoms in total. The summed E-state index contributed by atoms with van der Waals surface area (Å²) in [6, 6.07) is 4.20. The Morgan fingerprint density at radius 3 is 2.46 bits per heavy atom. The summed E-state index contributed by atoms with van der Waals surface area (Å²) < 4.78 is 4.61. The Balaban J connectivity index is 1.74. The van der Waals surface area contributed by atoms with E-state index in [-0.39, 0.29) is 29.2 Å². The van der Waals surface area contributed by atoms with Gasteiger partial charge in [0.1, 0.15) is 5.75 Å². The molecule has 5 amide bonds. The molecule has 0 aromatic heterocycles. The number of imide groups is 4. The minimum absolute atomic E-state index is 0.0760. The topological polar surface area (TPSA) is 121 Å². The molecular weight excluding hydrogens is 523 g/mol. The van der Waals surface area contributed by atoms with Crippen LogP contribution in [0, 0.1) is 17.8 Å². The second kappa shape index (κ2) is 7.69. The Labute approximate surface area is 214 Å². The molecule has 3 fully saturated rings. The molecule has 2 aliphatic heterocycles. The molecule has 1 aromatic carbocycles. The Bertz CT molecular complexity index is 1270. The second-order valence-corrected chi connectivity index (χ2v) is 10.9. The van der Waals surface area contributed by atoms with Crippen LogP contribution in [0.2, 0.25) is 5.02 Å². The zero-order valence-electron chi connectivity index (χ0n) is 18.5. The fourth-order valence-electron chi connectivity index (χ4n) is 6.12. The van der Waals surface area contributed by atoms with Crippen molar-refractivity contribution in [3.8, 4) is 5.75 Å². The molecule has 2 aliphatic carbocycles. The summed E-state index contributed by atoms with van der Waals surface area (Å²) in [6.45, 7) is 0. The van der Waals surface area contributed by atoms with Crippen LogP contribution in [0.1, 0.15) is 24.3 Å². The SMILES string of the molecule is COC(=O)N1C(=O)[C@H]2[C@H](CC=C3[C@H]2C[C@@]2(Cl)C(=O)N(C)C(=O)[C@@]2(Cl)[C@H]3c2cc(Cl)ccc2O)C1=O. The van der Waals surface area contributed by atoms with Gasteiger partial charge in [-0.05, 0) is 37.0 Å². The summed E-state index contributed by atoms with van der Waals surface area (Å²) in [5.74, 6) is -7.10. The molecule has 0 unspecified atom stereocenters. The number of methoxy groups -OCH3 is 1. The van der Waals surface area contributed by atoms with Crippen LogP contribution in [0.5, 0.6) is 5.75 Å². The van der Waals surface area contributed by atoms with Gasteiger partial charge in [-0.1, -0.05) is 23.3 Å². The lowest BCUT2D eigenvalue weighted by molar-refractivity contribution is -0.139. The molecule has 1 N–H and O–H groups in total. The zero-order chi connectivity index (χ0) is 25.6. The Kier molecular flexibility index (Phi) is 5.29. The molecule has 0 radical (unpaired) electrons. The van der Waals surface area contributed by atoms with Gasteiger partial charge < -0.3 is 9.84 Å². The predicted molar refractivity (Wildman–Crippen MR) is 123 cm³/mol. The maximum absolute atomic E-state index is 13.4. The van der Waals surface area contributed by atoms with Gasteiger partial charge in [-0.2, -0.15) is 4.90 Å². The molecular formula is C23H19Cl3N2O7. The summed E-state index contributed by atoms with van der Waals surface area (Å²) in [5, 5.41) is 11.0. The van der Waals surface area contributed by atoms with E-state index in [2.05, 4.69) is 4.74 Å². The minimum Gasteiger partial charge on any atom is -0.508 e. The van der Waals surface area contributed by atoms with Gasteiger partial charge in [-0.3, -0.25) is 24.1 Å². The van der Waals surface area contributed by atoms with Gasteiger partial charge in [0, 0.05) is 23.6 Å². The zero-order valence-corrected chi connectivity index (χ0v) is 20.7. The number of phenolic OH excluding ortho intramolecular Hbond substituents is 1. The fourth-order valence-corrected chi connectivity index (χ4v) is 7.31. The van der Waals surface area contributed by atoms with Gasteiger partial charge in [0.05, 0.1) is 18.9 Å². The number of ether oxygens (including phenoxy) is 1. The van der Waals surface area contributed by atoms with E-state index in [9.17, 15) is 29.1 Å². The van der Waals surface area contributed by atoms with Gasteiger partial charge in [-0.25, -0.2) is 4.79 Å². The lowest BCUT2D eigenvalue weighted by Gasteiger charge is -2.50. The minimum atomic E-state index is -2.04. The van der Waals surface area contributed by atoms with Gasteiger partial charge in [0.25, 0.3) is 11.8 Å². The van der Waals surface area contributed by atoms with Crippen molar-refractivity contribution in [2.75, 3.05) is 14.2 Å². The van der Waals surface area contributed by atoms with Crippen LogP contribution in [-0.4, -0.2) is 68.5 Å². The first-order valence-electron chi connectivity index (χ1n) is 10.7. The van der Waals surface area contributed by atoms with E-state index in [0.717, 1.165) is 12.0 Å². The number of allylic oxidation sites excluding steroid dienone is 2. The van der Waals surface area contributed by atoms with Crippen LogP contribution in [0.3, 0.4) is 0 Å². The van der Waals surface area contributed by atoms with E-state index < -0.39 is 63.1 Å². The van der Waals surface area contributed by atoms with Crippen LogP contribution >= 0.6 is 34.8 Å². The van der Waals surface area contributed by atoms with Gasteiger partial charge in [0.2, 0.25) is 11.8 Å². The lowest BCUT2D eigenvalue weighted by Crippen LogP contribution is -2.60. The predicted octanol–water partition coefficient (Wildman–Crippen LogP) is 2.80. The second-order valence-electron chi connectivity index (χ2n) is 9.18. The molecule has 2 heterocycles. The number of rotatable bonds is 1. The molecule has 4 aliphatic rings. The molecule has 12 heteroatoms. The summed E-state index contributed by atoms with van der Waals surface area (Å²) in [7, 11) is 2.32. The average Bonchev–Trinajstić information content (AvgIpc) is 3.15. The van der Waals surface area contributed by atoms with E-state index >= 15 is 0 Å². The molecule has 2 saturated heterocycles. The van der Waals surface area contributed by atoms with Crippen molar-refractivity contribution in [2.45, 2.75) is 28.5 Å². The van der Waals surface area contributed by atoms with Crippen LogP contribution in [0.25, 0.3) is 0 Å². The number of halogens is 3. The molecule has 0 bridgehead atoms. The number of fused-ring (bicyclic) bond motifs is 4. The van der Waals surface area contributed by atoms with Crippen LogP contribution in [-0.2, 0) is 23.9 Å². The van der Waals surface area contributed by atoms with Crippen LogP contribution in [0.4, 0.5) is 4.79 Å². The van der Waals surface area contributed by atoms with Crippen LogP contribution < -0.4 is 0 Å². The molecule has 5 rings (SSSR count). The number of hydrogen-bond donors (Lipinski definition) is 1. The van der Waals surface area contributed by atoms with Crippen molar-refractivity contribution in [3.63, 3.8) is 0 Å². The van der Waals surface area contributed by atoms with Crippen molar-refractivity contribution in [1.82, 2.24) is 9.80 Å². The van der Waals surface area contributed by atoms with Crippen LogP contribution in [0.15, 0.2) is 29.8 Å². The molecule has 184 valence electrons. The first-order chi connectivity index (χ1) is 16.4. The van der Waals surface area contributed by atoms with E-state index in [1.807, 2.05) is 0 Å². The Morgan fingerprint density at radius 1 is 1.11 bits per heavy atom. The number of likely N-dealkylation sites (tertiary alicyclic amines) is 2. The maximum atomic E-state index is 13.4. The number of phenols is 1. The number of benzene rings is 1. The Hall–Kier alpha value is -2.62. The van der Waals surface area contributed by atoms with Gasteiger partial charge >= 0.3 is 6.09 Å². The first kappa shape index (κ1) is 24.1. The van der Waals surface area contributed by atoms with E-state index in [1.54, 1.807) is 6.08 Å². The van der Waals surface area contributed by atoms with Crippen molar-refractivity contribution < 1.29 is 33.8 Å². The fraction of sp³-hybridized carbons (Fsp3) is 0.435. The number of amides is 5. The highest BCUT2D eigenvalue weighted by Crippen LogP contribution is 2.66. The first-order valence-corrected chi connectivity index (χ1v) is 11.9. The lowest BCUT2D eigenvalue weighted by atomic mass is 9.56. The summed E-state index contributed by atoms with van der Waals surface area (Å²) in [4.78, 5) is 62.4. The largest absolute Gasteiger partial charge is 0.508 e. The summed E-state index contributed by atoms with van der Waals surface area (Å²) >= 11 is 20.2. The highest BCUT2D eigenvalue weighted by Gasteiger charge is 2.76. The number of carbonyl (C=O) groups is 5. The van der Waals surface area contributed by atoms with Crippen molar-refractivity contribution in [1.29, 1.82) is 0 Å². The van der Waals surface area contributed by atoms with E-state index in [4.69, 9.17) is 34.8 Å². The number of alkyl halides is 2. The molecule has 1 aromatic rings. The van der Waals surface area contributed by atoms with Crippen molar-refractivity contribution in [2.24, 2.45) is 17.8 Å². The highest BCUT2D eigenvalue weighted by molar-refractivity contribution is 6.53. The third-order valence-electron chi connectivity index (χ3n) is 7.67. The molecule has 0 spiro atoms. The third kappa shape index (κ3) is 2.86.